The van der Waals surface area contributed by atoms with Crippen molar-refractivity contribution >= 4 is 17.4 Å². The molecule has 0 bridgehead atoms. The molecular formula is C12H17ClN2. The minimum absolute atomic E-state index is 0.707. The summed E-state index contributed by atoms with van der Waals surface area (Å²) in [7, 11) is 0. The number of rotatable bonds is 2. The summed E-state index contributed by atoms with van der Waals surface area (Å²) in [5.41, 5.74) is 0. The van der Waals surface area contributed by atoms with Crippen LogP contribution in [0.2, 0.25) is 5.02 Å². The number of hydrogen-bond acceptors (Lipinski definition) is 2. The maximum absolute atomic E-state index is 5.82. The van der Waals surface area contributed by atoms with Crippen LogP contribution in [-0.4, -0.2) is 18.1 Å². The molecule has 1 aliphatic heterocycles. The third kappa shape index (κ3) is 2.25. The molecule has 1 aromatic heterocycles. The molecule has 15 heavy (non-hydrogen) atoms. The third-order valence-electron chi connectivity index (χ3n) is 3.33. The smallest absolute Gasteiger partial charge is 0.128 e. The van der Waals surface area contributed by atoms with Gasteiger partial charge in [-0.25, -0.2) is 4.98 Å². The number of hydrogen-bond donors (Lipinski definition) is 0. The van der Waals surface area contributed by atoms with Crippen LogP contribution in [-0.2, 0) is 0 Å². The molecule has 0 radical (unpaired) electrons. The van der Waals surface area contributed by atoms with Crippen molar-refractivity contribution < 1.29 is 0 Å². The predicted octanol–water partition coefficient (Wildman–Crippen LogP) is 3.22. The van der Waals surface area contributed by atoms with E-state index in [1.54, 1.807) is 6.20 Å². The molecule has 82 valence electrons. The molecule has 0 unspecified atom stereocenters. The Labute approximate surface area is 96.3 Å². The first-order chi connectivity index (χ1) is 7.20. The second-order valence-electron chi connectivity index (χ2n) is 4.39. The number of nitrogens with zero attached hydrogens (tertiary/aromatic N) is 2. The van der Waals surface area contributed by atoms with Gasteiger partial charge in [0.2, 0.25) is 0 Å². The van der Waals surface area contributed by atoms with Crippen LogP contribution in [0.3, 0.4) is 0 Å². The van der Waals surface area contributed by atoms with E-state index in [2.05, 4.69) is 23.7 Å². The van der Waals surface area contributed by atoms with Gasteiger partial charge in [-0.05, 0) is 24.0 Å². The van der Waals surface area contributed by atoms with Gasteiger partial charge in [0, 0.05) is 19.3 Å². The van der Waals surface area contributed by atoms with Crippen molar-refractivity contribution in [1.29, 1.82) is 0 Å². The monoisotopic (exact) mass is 224 g/mol. The topological polar surface area (TPSA) is 16.1 Å². The summed E-state index contributed by atoms with van der Waals surface area (Å²) >= 11 is 5.82. The van der Waals surface area contributed by atoms with Crippen LogP contribution < -0.4 is 4.90 Å². The van der Waals surface area contributed by atoms with Crippen LogP contribution in [0.1, 0.15) is 20.3 Å². The average Bonchev–Trinajstić information content (AvgIpc) is 2.61. The lowest BCUT2D eigenvalue weighted by atomic mass is 9.96. The van der Waals surface area contributed by atoms with Crippen molar-refractivity contribution in [3.63, 3.8) is 0 Å². The fraction of sp³-hybridized carbons (Fsp3) is 0.583. The van der Waals surface area contributed by atoms with Crippen LogP contribution in [0.4, 0.5) is 5.82 Å². The zero-order valence-corrected chi connectivity index (χ0v) is 10.0. The highest BCUT2D eigenvalue weighted by atomic mass is 35.5. The standard InChI is InChI=1S/C12H17ClN2/c1-3-10-8-15(7-9(10)2)12-5-4-11(13)6-14-12/h4-6,9-10H,3,7-8H2,1-2H3/t9-,10+/m0/s1. The minimum atomic E-state index is 0.707. The number of aromatic nitrogens is 1. The molecule has 1 aliphatic rings. The van der Waals surface area contributed by atoms with Gasteiger partial charge in [0.15, 0.2) is 0 Å². The molecule has 2 rings (SSSR count). The Morgan fingerprint density at radius 1 is 1.47 bits per heavy atom. The largest absolute Gasteiger partial charge is 0.356 e. The SMILES string of the molecule is CC[C@@H]1CN(c2ccc(Cl)cn2)C[C@@H]1C. The molecule has 3 heteroatoms. The molecule has 0 aliphatic carbocycles. The number of anilines is 1. The lowest BCUT2D eigenvalue weighted by Crippen LogP contribution is -2.20. The second-order valence-corrected chi connectivity index (χ2v) is 4.82. The maximum atomic E-state index is 5.82. The first-order valence-electron chi connectivity index (χ1n) is 5.57. The summed E-state index contributed by atoms with van der Waals surface area (Å²) in [6.07, 6.45) is 2.98. The number of pyridine rings is 1. The molecule has 1 aromatic rings. The summed E-state index contributed by atoms with van der Waals surface area (Å²) in [5.74, 6) is 2.64. The molecule has 0 N–H and O–H groups in total. The van der Waals surface area contributed by atoms with E-state index >= 15 is 0 Å². The van der Waals surface area contributed by atoms with Gasteiger partial charge in [-0.3, -0.25) is 0 Å². The summed E-state index contributed by atoms with van der Waals surface area (Å²) in [6.45, 7) is 6.84. The van der Waals surface area contributed by atoms with E-state index in [1.807, 2.05) is 12.1 Å². The molecule has 1 saturated heterocycles. The van der Waals surface area contributed by atoms with Crippen molar-refractivity contribution in [2.45, 2.75) is 20.3 Å². The Hall–Kier alpha value is -0.760. The highest BCUT2D eigenvalue weighted by Crippen LogP contribution is 2.28. The average molecular weight is 225 g/mol. The van der Waals surface area contributed by atoms with E-state index in [1.165, 1.54) is 6.42 Å². The van der Waals surface area contributed by atoms with Crippen molar-refractivity contribution in [1.82, 2.24) is 4.98 Å². The van der Waals surface area contributed by atoms with E-state index in [4.69, 9.17) is 11.6 Å². The van der Waals surface area contributed by atoms with Gasteiger partial charge in [-0.2, -0.15) is 0 Å². The molecule has 1 fully saturated rings. The summed E-state index contributed by atoms with van der Waals surface area (Å²) in [4.78, 5) is 6.71. The van der Waals surface area contributed by atoms with Gasteiger partial charge in [0.05, 0.1) is 5.02 Å². The fourth-order valence-electron chi connectivity index (χ4n) is 2.31. The van der Waals surface area contributed by atoms with Crippen molar-refractivity contribution in [2.75, 3.05) is 18.0 Å². The molecule has 2 atom stereocenters. The zero-order valence-electron chi connectivity index (χ0n) is 9.28. The highest BCUT2D eigenvalue weighted by Gasteiger charge is 2.28. The van der Waals surface area contributed by atoms with Gasteiger partial charge in [-0.1, -0.05) is 31.9 Å². The predicted molar refractivity (Wildman–Crippen MR) is 64.4 cm³/mol. The summed E-state index contributed by atoms with van der Waals surface area (Å²) in [5, 5.41) is 0.707. The third-order valence-corrected chi connectivity index (χ3v) is 3.55. The molecule has 0 spiro atoms. The Kier molecular flexibility index (Phi) is 3.15. The van der Waals surface area contributed by atoms with Crippen LogP contribution >= 0.6 is 11.6 Å². The van der Waals surface area contributed by atoms with Crippen LogP contribution in [0.25, 0.3) is 0 Å². The van der Waals surface area contributed by atoms with Crippen LogP contribution in [0.15, 0.2) is 18.3 Å². The lowest BCUT2D eigenvalue weighted by molar-refractivity contribution is 0.440. The summed E-state index contributed by atoms with van der Waals surface area (Å²) < 4.78 is 0. The van der Waals surface area contributed by atoms with Gasteiger partial charge in [-0.15, -0.1) is 0 Å². The van der Waals surface area contributed by atoms with Crippen molar-refractivity contribution in [3.05, 3.63) is 23.4 Å². The van der Waals surface area contributed by atoms with Gasteiger partial charge < -0.3 is 4.90 Å². The normalized spacial score (nSPS) is 25.9. The van der Waals surface area contributed by atoms with Gasteiger partial charge >= 0.3 is 0 Å². The first-order valence-corrected chi connectivity index (χ1v) is 5.95. The van der Waals surface area contributed by atoms with Crippen LogP contribution in [0.5, 0.6) is 0 Å². The van der Waals surface area contributed by atoms with Crippen LogP contribution in [0, 0.1) is 11.8 Å². The van der Waals surface area contributed by atoms with Gasteiger partial charge in [0.25, 0.3) is 0 Å². The number of halogens is 1. The molecule has 2 heterocycles. The second kappa shape index (κ2) is 4.40. The summed E-state index contributed by atoms with van der Waals surface area (Å²) in [6, 6.07) is 3.92. The molecule has 0 saturated carbocycles. The molecule has 0 amide bonds. The lowest BCUT2D eigenvalue weighted by Gasteiger charge is -2.16. The van der Waals surface area contributed by atoms with Crippen molar-refractivity contribution in [2.24, 2.45) is 11.8 Å². The molecule has 2 nitrogen and oxygen atoms in total. The maximum Gasteiger partial charge on any atom is 0.128 e. The first kappa shape index (κ1) is 10.7. The van der Waals surface area contributed by atoms with E-state index in [-0.39, 0.29) is 0 Å². The Bertz CT molecular complexity index is 323. The Morgan fingerprint density at radius 3 is 2.80 bits per heavy atom. The van der Waals surface area contributed by atoms with Gasteiger partial charge in [0.1, 0.15) is 5.82 Å². The molecular weight excluding hydrogens is 208 g/mol. The van der Waals surface area contributed by atoms with Crippen molar-refractivity contribution in [3.8, 4) is 0 Å². The van der Waals surface area contributed by atoms with E-state index in [0.29, 0.717) is 5.02 Å². The minimum Gasteiger partial charge on any atom is -0.356 e. The Morgan fingerprint density at radius 2 is 2.27 bits per heavy atom. The van der Waals surface area contributed by atoms with E-state index in [0.717, 1.165) is 30.7 Å². The quantitative estimate of drug-likeness (QED) is 0.767. The fourth-order valence-corrected chi connectivity index (χ4v) is 2.42. The van der Waals surface area contributed by atoms with E-state index < -0.39 is 0 Å². The molecule has 0 aromatic carbocycles. The Balaban J connectivity index is 2.10. The highest BCUT2D eigenvalue weighted by molar-refractivity contribution is 6.30. The zero-order chi connectivity index (χ0) is 10.8. The van der Waals surface area contributed by atoms with E-state index in [9.17, 15) is 0 Å².